The van der Waals surface area contributed by atoms with Gasteiger partial charge in [-0.05, 0) is 18.2 Å². The molecule has 0 aliphatic rings. The van der Waals surface area contributed by atoms with E-state index < -0.39 is 0 Å². The number of hydrogen-bond acceptors (Lipinski definition) is 4. The van der Waals surface area contributed by atoms with Crippen molar-refractivity contribution in [1.82, 2.24) is 4.98 Å². The molecule has 1 N–H and O–H groups in total. The minimum Gasteiger partial charge on any atom is -0.391 e. The molecule has 0 atom stereocenters. The van der Waals surface area contributed by atoms with Gasteiger partial charge in [-0.2, -0.15) is 0 Å². The Labute approximate surface area is 107 Å². The van der Waals surface area contributed by atoms with E-state index in [1.807, 2.05) is 0 Å². The fourth-order valence-electron chi connectivity index (χ4n) is 1.36. The number of thiazole rings is 1. The quantitative estimate of drug-likeness (QED) is 0.932. The summed E-state index contributed by atoms with van der Waals surface area (Å²) in [6, 6.07) is 6.19. The Morgan fingerprint density at radius 1 is 1.53 bits per heavy atom. The predicted octanol–water partition coefficient (Wildman–Crippen LogP) is 3.20. The Morgan fingerprint density at radius 3 is 2.88 bits per heavy atom. The van der Waals surface area contributed by atoms with Crippen LogP contribution in [0.15, 0.2) is 24.3 Å². The number of hydrogen-bond donors (Lipinski definition) is 1. The average Bonchev–Trinajstić information content (AvgIpc) is 2.69. The highest BCUT2D eigenvalue weighted by molar-refractivity contribution is 7.16. The largest absolute Gasteiger partial charge is 0.391 e. The molecule has 0 fully saturated rings. The van der Waals surface area contributed by atoms with Gasteiger partial charge in [0.1, 0.15) is 11.0 Å². The average molecular weight is 273 g/mol. The summed E-state index contributed by atoms with van der Waals surface area (Å²) in [5.41, 5.74) is 0.680. The Balaban J connectivity index is 2.33. The summed E-state index contributed by atoms with van der Waals surface area (Å²) in [6.07, 6.45) is 0. The number of benzene rings is 1. The van der Waals surface area contributed by atoms with Gasteiger partial charge in [0.05, 0.1) is 11.5 Å². The molecule has 0 saturated carbocycles. The molecule has 0 saturated heterocycles. The number of aliphatic hydroxyl groups is 1. The van der Waals surface area contributed by atoms with Crippen molar-refractivity contribution in [3.63, 3.8) is 0 Å². The molecule has 90 valence electrons. The van der Waals surface area contributed by atoms with Crippen molar-refractivity contribution < 1.29 is 9.50 Å². The second kappa shape index (κ2) is 5.00. The van der Waals surface area contributed by atoms with Crippen LogP contribution in [0, 0.1) is 5.82 Å². The summed E-state index contributed by atoms with van der Waals surface area (Å²) in [6.45, 7) is -0.145. The molecule has 2 aromatic rings. The lowest BCUT2D eigenvalue weighted by atomic mass is 10.3. The van der Waals surface area contributed by atoms with Crippen molar-refractivity contribution in [3.8, 4) is 0 Å². The van der Waals surface area contributed by atoms with E-state index in [0.717, 1.165) is 0 Å². The van der Waals surface area contributed by atoms with E-state index in [0.29, 0.717) is 15.7 Å². The molecular weight excluding hydrogens is 263 g/mol. The van der Waals surface area contributed by atoms with Crippen LogP contribution in [-0.4, -0.2) is 17.1 Å². The normalized spacial score (nSPS) is 10.6. The van der Waals surface area contributed by atoms with Crippen LogP contribution in [0.2, 0.25) is 5.15 Å². The summed E-state index contributed by atoms with van der Waals surface area (Å²) in [7, 11) is 1.77. The van der Waals surface area contributed by atoms with Crippen molar-refractivity contribution >= 4 is 33.8 Å². The molecule has 1 aromatic carbocycles. The molecule has 0 unspecified atom stereocenters. The lowest BCUT2D eigenvalue weighted by Gasteiger charge is -2.15. The van der Waals surface area contributed by atoms with Gasteiger partial charge in [-0.15, -0.1) is 0 Å². The van der Waals surface area contributed by atoms with E-state index in [1.54, 1.807) is 24.1 Å². The number of nitrogens with zero attached hydrogens (tertiary/aromatic N) is 2. The maximum absolute atomic E-state index is 13.1. The first-order valence-corrected chi connectivity index (χ1v) is 6.06. The molecule has 0 bridgehead atoms. The highest BCUT2D eigenvalue weighted by Crippen LogP contribution is 2.32. The maximum Gasteiger partial charge on any atom is 0.191 e. The molecule has 0 amide bonds. The second-order valence-corrected chi connectivity index (χ2v) is 4.83. The Hall–Kier alpha value is -1.17. The third-order valence-corrected chi connectivity index (χ3v) is 3.81. The lowest BCUT2D eigenvalue weighted by molar-refractivity contribution is 0.285. The van der Waals surface area contributed by atoms with E-state index in [1.165, 1.54) is 23.5 Å². The number of aromatic nitrogens is 1. The Morgan fingerprint density at radius 2 is 2.29 bits per heavy atom. The van der Waals surface area contributed by atoms with E-state index in [9.17, 15) is 4.39 Å². The SMILES string of the molecule is CN(c1cccc(F)c1)c1nc(Cl)c(CO)s1. The highest BCUT2D eigenvalue weighted by atomic mass is 35.5. The summed E-state index contributed by atoms with van der Waals surface area (Å²) in [5.74, 6) is -0.306. The van der Waals surface area contributed by atoms with Crippen molar-refractivity contribution in [2.75, 3.05) is 11.9 Å². The molecular formula is C11H10ClFN2OS. The molecule has 3 nitrogen and oxygen atoms in total. The van der Waals surface area contributed by atoms with Crippen molar-refractivity contribution in [2.45, 2.75) is 6.61 Å². The maximum atomic E-state index is 13.1. The first-order chi connectivity index (χ1) is 8.11. The van der Waals surface area contributed by atoms with Gasteiger partial charge in [0.15, 0.2) is 5.13 Å². The second-order valence-electron chi connectivity index (χ2n) is 3.41. The first-order valence-electron chi connectivity index (χ1n) is 4.87. The van der Waals surface area contributed by atoms with Crippen LogP contribution < -0.4 is 4.90 Å². The monoisotopic (exact) mass is 272 g/mol. The third kappa shape index (κ3) is 2.57. The van der Waals surface area contributed by atoms with Crippen LogP contribution in [0.4, 0.5) is 15.2 Å². The van der Waals surface area contributed by atoms with Gasteiger partial charge in [0.2, 0.25) is 0 Å². The molecule has 6 heteroatoms. The zero-order valence-electron chi connectivity index (χ0n) is 9.02. The van der Waals surface area contributed by atoms with Crippen LogP contribution in [-0.2, 0) is 6.61 Å². The van der Waals surface area contributed by atoms with E-state index in [4.69, 9.17) is 16.7 Å². The number of rotatable bonds is 3. The minimum absolute atomic E-state index is 0.145. The van der Waals surface area contributed by atoms with E-state index in [2.05, 4.69) is 4.98 Å². The van der Waals surface area contributed by atoms with Crippen LogP contribution in [0.1, 0.15) is 4.88 Å². The third-order valence-electron chi connectivity index (χ3n) is 2.26. The van der Waals surface area contributed by atoms with E-state index in [-0.39, 0.29) is 17.6 Å². The number of anilines is 2. The van der Waals surface area contributed by atoms with Gasteiger partial charge in [0.25, 0.3) is 0 Å². The fraction of sp³-hybridized carbons (Fsp3) is 0.182. The summed E-state index contributed by atoms with van der Waals surface area (Å²) in [4.78, 5) is 6.44. The molecule has 1 aromatic heterocycles. The standard InChI is InChI=1S/C11H10ClFN2OS/c1-15(8-4-2-3-7(13)5-8)11-14-10(12)9(6-16)17-11/h2-5,16H,6H2,1H3. The fourth-order valence-corrected chi connectivity index (χ4v) is 2.46. The molecule has 2 rings (SSSR count). The number of aliphatic hydroxyl groups excluding tert-OH is 1. The van der Waals surface area contributed by atoms with Gasteiger partial charge < -0.3 is 10.0 Å². The molecule has 17 heavy (non-hydrogen) atoms. The van der Waals surface area contributed by atoms with Crippen molar-refractivity contribution in [2.24, 2.45) is 0 Å². The smallest absolute Gasteiger partial charge is 0.191 e. The number of halogens is 2. The molecule has 0 aliphatic carbocycles. The molecule has 0 radical (unpaired) electrons. The van der Waals surface area contributed by atoms with Crippen LogP contribution >= 0.6 is 22.9 Å². The van der Waals surface area contributed by atoms with Crippen molar-refractivity contribution in [3.05, 3.63) is 40.1 Å². The molecule has 0 aliphatic heterocycles. The van der Waals surface area contributed by atoms with Crippen LogP contribution in [0.25, 0.3) is 0 Å². The van der Waals surface area contributed by atoms with Gasteiger partial charge in [-0.3, -0.25) is 0 Å². The Bertz CT molecular complexity index is 532. The summed E-state index contributed by atoms with van der Waals surface area (Å²) in [5, 5.41) is 9.94. The van der Waals surface area contributed by atoms with Crippen molar-refractivity contribution in [1.29, 1.82) is 0 Å². The van der Waals surface area contributed by atoms with E-state index >= 15 is 0 Å². The highest BCUT2D eigenvalue weighted by Gasteiger charge is 2.13. The van der Waals surface area contributed by atoms with Crippen LogP contribution in [0.3, 0.4) is 0 Å². The summed E-state index contributed by atoms with van der Waals surface area (Å²) >= 11 is 7.13. The molecule has 0 spiro atoms. The van der Waals surface area contributed by atoms with Crippen LogP contribution in [0.5, 0.6) is 0 Å². The first kappa shape index (κ1) is 12.3. The van der Waals surface area contributed by atoms with Gasteiger partial charge >= 0.3 is 0 Å². The zero-order chi connectivity index (χ0) is 12.4. The summed E-state index contributed by atoms with van der Waals surface area (Å²) < 4.78 is 13.1. The van der Waals surface area contributed by atoms with Gasteiger partial charge in [0, 0.05) is 12.7 Å². The Kier molecular flexibility index (Phi) is 3.61. The lowest BCUT2D eigenvalue weighted by Crippen LogP contribution is -2.08. The van der Waals surface area contributed by atoms with Gasteiger partial charge in [-0.25, -0.2) is 9.37 Å². The van der Waals surface area contributed by atoms with Gasteiger partial charge in [-0.1, -0.05) is 29.0 Å². The topological polar surface area (TPSA) is 36.4 Å². The zero-order valence-corrected chi connectivity index (χ0v) is 10.6. The molecule has 1 heterocycles. The predicted molar refractivity (Wildman–Crippen MR) is 67.5 cm³/mol. The minimum atomic E-state index is -0.306.